The van der Waals surface area contributed by atoms with Crippen molar-refractivity contribution in [2.75, 3.05) is 26.9 Å². The van der Waals surface area contributed by atoms with Crippen LogP contribution in [0.3, 0.4) is 0 Å². The lowest BCUT2D eigenvalue weighted by molar-refractivity contribution is -0.388. The van der Waals surface area contributed by atoms with Gasteiger partial charge in [-0.15, -0.1) is 0 Å². The summed E-state index contributed by atoms with van der Waals surface area (Å²) in [4.78, 5) is 0. The van der Waals surface area contributed by atoms with Crippen LogP contribution in [-0.2, 0) is 47.4 Å². The van der Waals surface area contributed by atoms with Crippen LogP contribution in [0.4, 0.5) is 0 Å². The van der Waals surface area contributed by atoms with E-state index in [4.69, 9.17) is 47.4 Å². The van der Waals surface area contributed by atoms with Gasteiger partial charge in [0.2, 0.25) is 0 Å². The van der Waals surface area contributed by atoms with Gasteiger partial charge >= 0.3 is 0 Å². The van der Waals surface area contributed by atoms with Gasteiger partial charge in [0.1, 0.15) is 91.6 Å². The molecule has 4 aliphatic carbocycles. The normalized spacial score (nSPS) is 56.0. The molecule has 0 radical (unpaired) electrons. The maximum atomic E-state index is 11.6. The molecule has 0 bridgehead atoms. The van der Waals surface area contributed by atoms with E-state index in [0.29, 0.717) is 42.9 Å². The molecule has 23 nitrogen and oxygen atoms in total. The maximum absolute atomic E-state index is 11.6. The molecule has 23 heteroatoms. The first-order valence-electron chi connectivity index (χ1n) is 27.2. The number of aliphatic hydroxyl groups excluding tert-OH is 13. The van der Waals surface area contributed by atoms with Crippen LogP contribution in [0.5, 0.6) is 0 Å². The van der Waals surface area contributed by atoms with Crippen LogP contribution in [0.1, 0.15) is 98.8 Å². The molecular formula is C51H86O23. The van der Waals surface area contributed by atoms with E-state index in [1.807, 2.05) is 6.92 Å². The number of ether oxygens (including phenoxy) is 10. The Labute approximate surface area is 431 Å². The van der Waals surface area contributed by atoms with Crippen LogP contribution < -0.4 is 0 Å². The van der Waals surface area contributed by atoms with Crippen molar-refractivity contribution in [3.05, 3.63) is 0 Å². The molecule has 5 heterocycles. The van der Waals surface area contributed by atoms with E-state index >= 15 is 0 Å². The van der Waals surface area contributed by atoms with Crippen molar-refractivity contribution >= 4 is 0 Å². The van der Waals surface area contributed by atoms with Crippen LogP contribution in [0.2, 0.25) is 0 Å². The van der Waals surface area contributed by atoms with E-state index in [1.54, 1.807) is 7.11 Å². The first kappa shape index (κ1) is 57.8. The average Bonchev–Trinajstić information content (AvgIpc) is 3.85. The predicted molar refractivity (Wildman–Crippen MR) is 250 cm³/mol. The van der Waals surface area contributed by atoms with Crippen LogP contribution in [0, 0.1) is 46.3 Å². The van der Waals surface area contributed by atoms with E-state index in [1.165, 1.54) is 6.92 Å². The Morgan fingerprint density at radius 1 is 0.554 bits per heavy atom. The van der Waals surface area contributed by atoms with Gasteiger partial charge in [-0.2, -0.15) is 0 Å². The topological polar surface area (TPSA) is 355 Å². The third-order valence-electron chi connectivity index (χ3n) is 20.1. The SMILES string of the molecule is CO[C@@]1(CC[C@H](C)O[C@H]2O[C@@H](CO)[C@@H](O)[C@@H](O)[C@@H]2O)O[C@H]2C[C@H]3[C@H]4CC[C@H]5C[C@@H](O[C@H]6O[C@H](CO)[C@H](O[C@H]7O[C@H](C)[C@@H](O)[C@H](O)[C@@H]7O[C@H]7O[C@H](CO)[C@H](O)[C@@H](O)[C@H]7O)[C@H](O)[C@@H]6O)CC[C@]5(C)[C@H]4CC[C@@]3(C)[C@@H]2[C@H]1C. The number of aliphatic hydroxyl groups is 13. The lowest BCUT2D eigenvalue weighted by atomic mass is 9.44. The third kappa shape index (κ3) is 10.1. The lowest BCUT2D eigenvalue weighted by Crippen LogP contribution is -2.66. The highest BCUT2D eigenvalue weighted by Crippen LogP contribution is 2.71. The summed E-state index contributed by atoms with van der Waals surface area (Å²) >= 11 is 0. The predicted octanol–water partition coefficient (Wildman–Crippen LogP) is -2.52. The van der Waals surface area contributed by atoms with Gasteiger partial charge in [-0.25, -0.2) is 0 Å². The Kier molecular flexibility index (Phi) is 17.6. The Balaban J connectivity index is 0.796. The summed E-state index contributed by atoms with van der Waals surface area (Å²) in [5.74, 6) is 1.32. The van der Waals surface area contributed by atoms with Crippen molar-refractivity contribution in [1.82, 2.24) is 0 Å². The second kappa shape index (κ2) is 22.6. The number of rotatable bonds is 15. The fourth-order valence-corrected chi connectivity index (χ4v) is 15.8. The molecule has 9 rings (SSSR count). The average molecular weight is 1070 g/mol. The number of hydrogen-bond acceptors (Lipinski definition) is 23. The summed E-state index contributed by atoms with van der Waals surface area (Å²) in [5, 5.41) is 137. The molecule has 0 aromatic carbocycles. The minimum absolute atomic E-state index is 0.0181. The second-order valence-corrected chi connectivity index (χ2v) is 23.9. The summed E-state index contributed by atoms with van der Waals surface area (Å²) in [7, 11) is 1.69. The molecule has 5 aliphatic heterocycles. The molecule has 0 unspecified atom stereocenters. The molecule has 428 valence electrons. The molecule has 0 spiro atoms. The van der Waals surface area contributed by atoms with Gasteiger partial charge in [0.15, 0.2) is 30.9 Å². The lowest BCUT2D eigenvalue weighted by Gasteiger charge is -2.61. The number of fused-ring (bicyclic) bond motifs is 7. The van der Waals surface area contributed by atoms with Crippen LogP contribution in [-0.4, -0.2) is 240 Å². The zero-order chi connectivity index (χ0) is 53.5. The van der Waals surface area contributed by atoms with Crippen molar-refractivity contribution in [1.29, 1.82) is 0 Å². The van der Waals surface area contributed by atoms with Crippen LogP contribution >= 0.6 is 0 Å². The largest absolute Gasteiger partial charge is 0.394 e. The minimum Gasteiger partial charge on any atom is -0.394 e. The van der Waals surface area contributed by atoms with Gasteiger partial charge < -0.3 is 114 Å². The second-order valence-electron chi connectivity index (χ2n) is 23.9. The minimum atomic E-state index is -1.86. The molecule has 0 aromatic rings. The molecular weight excluding hydrogens is 981 g/mol. The van der Waals surface area contributed by atoms with Crippen molar-refractivity contribution in [2.24, 2.45) is 46.3 Å². The third-order valence-corrected chi connectivity index (χ3v) is 20.1. The standard InChI is InChI=1S/C51H86O23/c1-20(66-45-40(62)36(58)34(56)29(17-52)69-45)9-14-51(65-6)21(2)32-28(74-51)16-27-25-8-7-23-15-24(10-12-49(23,4)26(25)11-13-50(27,32)5)68-46-42(64)39(61)43(31(19-54)71-46)72-48-44(38(60)33(55)22(3)67-48)73-47-41(63)37(59)35(57)30(18-53)70-47/h20-48,52-64H,7-19H2,1-6H3/t20-,21+,22+,23-,24-,25-,26-,27-,28-,29-,30+,31+,32+,33+,34+,35-,36+,37+,38-,39+,40-,41+,42-,43-,44-,45-,46-,47+,48+,49-,50+,51-/m0/s1. The summed E-state index contributed by atoms with van der Waals surface area (Å²) in [6, 6.07) is 0. The van der Waals surface area contributed by atoms with E-state index in [9.17, 15) is 66.4 Å². The Morgan fingerprint density at radius 2 is 1.12 bits per heavy atom. The number of methoxy groups -OCH3 is 1. The van der Waals surface area contributed by atoms with Gasteiger partial charge in [0.05, 0.1) is 44.2 Å². The highest BCUT2D eigenvalue weighted by Gasteiger charge is 2.69. The van der Waals surface area contributed by atoms with Crippen molar-refractivity contribution in [2.45, 2.75) is 246 Å². The molecule has 9 aliphatic rings. The molecule has 13 N–H and O–H groups in total. The summed E-state index contributed by atoms with van der Waals surface area (Å²) in [6.07, 6.45) is -22.5. The summed E-state index contributed by atoms with van der Waals surface area (Å²) in [6.45, 7) is 8.45. The summed E-state index contributed by atoms with van der Waals surface area (Å²) < 4.78 is 60.7. The molecule has 74 heavy (non-hydrogen) atoms. The van der Waals surface area contributed by atoms with E-state index in [-0.39, 0.29) is 34.9 Å². The highest BCUT2D eigenvalue weighted by atomic mass is 16.8. The Morgan fingerprint density at radius 3 is 1.77 bits per heavy atom. The maximum Gasteiger partial charge on any atom is 0.187 e. The van der Waals surface area contributed by atoms with Gasteiger partial charge in [-0.05, 0) is 112 Å². The van der Waals surface area contributed by atoms with Crippen molar-refractivity contribution in [3.63, 3.8) is 0 Å². The zero-order valence-corrected chi connectivity index (χ0v) is 43.3. The molecule has 0 aromatic heterocycles. The Hall–Kier alpha value is -0.920. The van der Waals surface area contributed by atoms with Crippen molar-refractivity contribution < 1.29 is 114 Å². The molecule has 4 saturated carbocycles. The van der Waals surface area contributed by atoms with Crippen molar-refractivity contribution in [3.8, 4) is 0 Å². The fourth-order valence-electron chi connectivity index (χ4n) is 15.8. The molecule has 32 atom stereocenters. The molecule has 5 saturated heterocycles. The summed E-state index contributed by atoms with van der Waals surface area (Å²) in [5.41, 5.74) is 0.0809. The smallest absolute Gasteiger partial charge is 0.187 e. The first-order valence-corrected chi connectivity index (χ1v) is 27.2. The van der Waals surface area contributed by atoms with E-state index in [0.717, 1.165) is 44.9 Å². The molecule has 9 fully saturated rings. The monoisotopic (exact) mass is 1070 g/mol. The van der Waals surface area contributed by atoms with Gasteiger partial charge in [0.25, 0.3) is 0 Å². The quantitative estimate of drug-likeness (QED) is 0.0753. The van der Waals surface area contributed by atoms with Gasteiger partial charge in [-0.3, -0.25) is 0 Å². The van der Waals surface area contributed by atoms with Gasteiger partial charge in [-0.1, -0.05) is 20.8 Å². The number of hydrogen-bond donors (Lipinski definition) is 13. The Bertz CT molecular complexity index is 1850. The van der Waals surface area contributed by atoms with E-state index < -0.39 is 155 Å². The zero-order valence-electron chi connectivity index (χ0n) is 43.3. The highest BCUT2D eigenvalue weighted by molar-refractivity contribution is 5.15. The fraction of sp³-hybridized carbons (Fsp3) is 1.00. The van der Waals surface area contributed by atoms with Crippen LogP contribution in [0.25, 0.3) is 0 Å². The van der Waals surface area contributed by atoms with Gasteiger partial charge in [0, 0.05) is 19.4 Å². The van der Waals surface area contributed by atoms with E-state index in [2.05, 4.69) is 20.8 Å². The first-order chi connectivity index (χ1) is 35.1. The van der Waals surface area contributed by atoms with Crippen LogP contribution in [0.15, 0.2) is 0 Å². The molecule has 0 amide bonds.